The van der Waals surface area contributed by atoms with Gasteiger partial charge in [-0.25, -0.2) is 4.39 Å². The van der Waals surface area contributed by atoms with Gasteiger partial charge in [-0.05, 0) is 31.9 Å². The molecule has 1 N–H and O–H groups in total. The van der Waals surface area contributed by atoms with Gasteiger partial charge in [0.2, 0.25) is 0 Å². The molecule has 0 fully saturated rings. The van der Waals surface area contributed by atoms with Crippen LogP contribution in [-0.4, -0.2) is 5.11 Å². The van der Waals surface area contributed by atoms with E-state index < -0.39 is 5.60 Å². The molecule has 1 rings (SSSR count). The SMILES string of the molecule is CCCc1ccc(C(C)(C)O)c(F)c1. The smallest absolute Gasteiger partial charge is 0.129 e. The zero-order chi connectivity index (χ0) is 10.8. The summed E-state index contributed by atoms with van der Waals surface area (Å²) >= 11 is 0. The fraction of sp³-hybridized carbons (Fsp3) is 0.500. The van der Waals surface area contributed by atoms with E-state index >= 15 is 0 Å². The Morgan fingerprint density at radius 3 is 2.43 bits per heavy atom. The third-order valence-corrected chi connectivity index (χ3v) is 2.23. The molecule has 0 heterocycles. The van der Waals surface area contributed by atoms with E-state index in [1.807, 2.05) is 6.07 Å². The lowest BCUT2D eigenvalue weighted by Crippen LogP contribution is -2.17. The first kappa shape index (κ1) is 11.2. The summed E-state index contributed by atoms with van der Waals surface area (Å²) in [6.45, 7) is 5.23. The van der Waals surface area contributed by atoms with Gasteiger partial charge in [-0.15, -0.1) is 0 Å². The topological polar surface area (TPSA) is 20.2 Å². The van der Waals surface area contributed by atoms with Crippen LogP contribution in [-0.2, 0) is 12.0 Å². The Hall–Kier alpha value is -0.890. The van der Waals surface area contributed by atoms with E-state index in [-0.39, 0.29) is 5.82 Å². The fourth-order valence-corrected chi connectivity index (χ4v) is 1.50. The van der Waals surface area contributed by atoms with Crippen molar-refractivity contribution in [3.63, 3.8) is 0 Å². The summed E-state index contributed by atoms with van der Waals surface area (Å²) in [6, 6.07) is 5.05. The molecule has 0 atom stereocenters. The zero-order valence-electron chi connectivity index (χ0n) is 8.97. The highest BCUT2D eigenvalue weighted by molar-refractivity contribution is 5.28. The second-order valence-corrected chi connectivity index (χ2v) is 4.12. The van der Waals surface area contributed by atoms with Gasteiger partial charge in [0.15, 0.2) is 0 Å². The average Bonchev–Trinajstić information content (AvgIpc) is 2.02. The maximum Gasteiger partial charge on any atom is 0.129 e. The maximum atomic E-state index is 13.5. The quantitative estimate of drug-likeness (QED) is 0.788. The van der Waals surface area contributed by atoms with Crippen molar-refractivity contribution in [2.45, 2.75) is 39.2 Å². The standard InChI is InChI=1S/C12H17FO/c1-4-5-9-6-7-10(11(13)8-9)12(2,3)14/h6-8,14H,4-5H2,1-3H3. The highest BCUT2D eigenvalue weighted by atomic mass is 19.1. The molecule has 0 aliphatic carbocycles. The first-order valence-electron chi connectivity index (χ1n) is 4.96. The van der Waals surface area contributed by atoms with Gasteiger partial charge in [-0.2, -0.15) is 0 Å². The van der Waals surface area contributed by atoms with Crippen molar-refractivity contribution in [1.82, 2.24) is 0 Å². The van der Waals surface area contributed by atoms with Crippen LogP contribution in [0.1, 0.15) is 38.3 Å². The molecule has 0 aliphatic rings. The molecule has 0 radical (unpaired) electrons. The largest absolute Gasteiger partial charge is 0.386 e. The normalized spacial score (nSPS) is 11.8. The van der Waals surface area contributed by atoms with E-state index in [0.29, 0.717) is 5.56 Å². The van der Waals surface area contributed by atoms with E-state index in [0.717, 1.165) is 18.4 Å². The molecule has 2 heteroatoms. The summed E-state index contributed by atoms with van der Waals surface area (Å²) < 4.78 is 13.5. The number of aliphatic hydroxyl groups is 1. The third kappa shape index (κ3) is 2.55. The van der Waals surface area contributed by atoms with Gasteiger partial charge in [-0.1, -0.05) is 25.5 Å². The Bertz CT molecular complexity index is 313. The van der Waals surface area contributed by atoms with Crippen molar-refractivity contribution in [3.05, 3.63) is 35.1 Å². The van der Waals surface area contributed by atoms with Crippen LogP contribution in [0.4, 0.5) is 4.39 Å². The van der Waals surface area contributed by atoms with Crippen LogP contribution in [0.15, 0.2) is 18.2 Å². The molecular weight excluding hydrogens is 179 g/mol. The summed E-state index contributed by atoms with van der Waals surface area (Å²) in [5.74, 6) is -0.316. The molecule has 0 saturated carbocycles. The van der Waals surface area contributed by atoms with Gasteiger partial charge < -0.3 is 5.11 Å². The Balaban J connectivity index is 3.02. The molecule has 0 amide bonds. The van der Waals surface area contributed by atoms with Crippen LogP contribution >= 0.6 is 0 Å². The lowest BCUT2D eigenvalue weighted by atomic mass is 9.96. The van der Waals surface area contributed by atoms with Crippen LogP contribution in [0.25, 0.3) is 0 Å². The Labute approximate surface area is 84.6 Å². The minimum atomic E-state index is -1.10. The van der Waals surface area contributed by atoms with Gasteiger partial charge in [0.05, 0.1) is 5.60 Å². The molecule has 0 aliphatic heterocycles. The van der Waals surface area contributed by atoms with Crippen molar-refractivity contribution in [2.75, 3.05) is 0 Å². The Kier molecular flexibility index (Phi) is 3.27. The molecule has 1 aromatic carbocycles. The molecule has 0 spiro atoms. The van der Waals surface area contributed by atoms with Crippen LogP contribution in [0.5, 0.6) is 0 Å². The monoisotopic (exact) mass is 196 g/mol. The number of aryl methyl sites for hydroxylation is 1. The minimum Gasteiger partial charge on any atom is -0.386 e. The zero-order valence-corrected chi connectivity index (χ0v) is 8.97. The van der Waals surface area contributed by atoms with Gasteiger partial charge in [0.1, 0.15) is 5.82 Å². The van der Waals surface area contributed by atoms with Crippen molar-refractivity contribution in [2.24, 2.45) is 0 Å². The van der Waals surface area contributed by atoms with Crippen molar-refractivity contribution >= 4 is 0 Å². The fourth-order valence-electron chi connectivity index (χ4n) is 1.50. The minimum absolute atomic E-state index is 0.316. The summed E-state index contributed by atoms with van der Waals surface area (Å²) in [5, 5.41) is 9.65. The number of halogens is 1. The first-order valence-corrected chi connectivity index (χ1v) is 4.96. The van der Waals surface area contributed by atoms with E-state index in [9.17, 15) is 9.50 Å². The molecule has 0 bridgehead atoms. The van der Waals surface area contributed by atoms with Crippen LogP contribution < -0.4 is 0 Å². The summed E-state index contributed by atoms with van der Waals surface area (Å²) in [5.41, 5.74) is 0.241. The predicted molar refractivity (Wildman–Crippen MR) is 55.6 cm³/mol. The second kappa shape index (κ2) is 4.09. The van der Waals surface area contributed by atoms with Crippen molar-refractivity contribution < 1.29 is 9.50 Å². The summed E-state index contributed by atoms with van der Waals surface area (Å²) in [6.07, 6.45) is 1.88. The second-order valence-electron chi connectivity index (χ2n) is 4.12. The summed E-state index contributed by atoms with van der Waals surface area (Å²) in [7, 11) is 0. The lowest BCUT2D eigenvalue weighted by Gasteiger charge is -2.18. The predicted octanol–water partition coefficient (Wildman–Crippen LogP) is 3.01. The molecule has 0 aromatic heterocycles. The number of hydrogen-bond donors (Lipinski definition) is 1. The van der Waals surface area contributed by atoms with Gasteiger partial charge in [-0.3, -0.25) is 0 Å². The number of benzene rings is 1. The Morgan fingerprint density at radius 2 is 2.00 bits per heavy atom. The highest BCUT2D eigenvalue weighted by Gasteiger charge is 2.20. The molecule has 1 nitrogen and oxygen atoms in total. The molecule has 78 valence electrons. The van der Waals surface area contributed by atoms with Crippen molar-refractivity contribution in [3.8, 4) is 0 Å². The van der Waals surface area contributed by atoms with Crippen LogP contribution in [0.3, 0.4) is 0 Å². The molecular formula is C12H17FO. The van der Waals surface area contributed by atoms with E-state index in [1.54, 1.807) is 19.9 Å². The van der Waals surface area contributed by atoms with E-state index in [1.165, 1.54) is 6.07 Å². The number of hydrogen-bond acceptors (Lipinski definition) is 1. The van der Waals surface area contributed by atoms with Gasteiger partial charge >= 0.3 is 0 Å². The molecule has 0 saturated heterocycles. The van der Waals surface area contributed by atoms with E-state index in [4.69, 9.17) is 0 Å². The highest BCUT2D eigenvalue weighted by Crippen LogP contribution is 2.23. The lowest BCUT2D eigenvalue weighted by molar-refractivity contribution is 0.0745. The van der Waals surface area contributed by atoms with Gasteiger partial charge in [0, 0.05) is 5.56 Å². The number of rotatable bonds is 3. The maximum absolute atomic E-state index is 13.5. The van der Waals surface area contributed by atoms with E-state index in [2.05, 4.69) is 6.92 Å². The van der Waals surface area contributed by atoms with Crippen LogP contribution in [0, 0.1) is 5.82 Å². The Morgan fingerprint density at radius 1 is 1.36 bits per heavy atom. The molecule has 1 aromatic rings. The third-order valence-electron chi connectivity index (χ3n) is 2.23. The molecule has 14 heavy (non-hydrogen) atoms. The van der Waals surface area contributed by atoms with Crippen LogP contribution in [0.2, 0.25) is 0 Å². The first-order chi connectivity index (χ1) is 6.45. The van der Waals surface area contributed by atoms with Gasteiger partial charge in [0.25, 0.3) is 0 Å². The van der Waals surface area contributed by atoms with Crippen molar-refractivity contribution in [1.29, 1.82) is 0 Å². The average molecular weight is 196 g/mol. The summed E-state index contributed by atoms with van der Waals surface area (Å²) in [4.78, 5) is 0. The molecule has 0 unspecified atom stereocenters.